The fourth-order valence-electron chi connectivity index (χ4n) is 1.98. The van der Waals surface area contributed by atoms with Crippen LogP contribution in [0.25, 0.3) is 0 Å². The first-order chi connectivity index (χ1) is 8.54. The number of carbonyl (C=O) groups is 1. The van der Waals surface area contributed by atoms with Crippen molar-refractivity contribution in [3.05, 3.63) is 18.0 Å². The third-order valence-corrected chi connectivity index (χ3v) is 2.87. The van der Waals surface area contributed by atoms with Crippen molar-refractivity contribution in [2.75, 3.05) is 19.7 Å². The van der Waals surface area contributed by atoms with E-state index in [4.69, 9.17) is 4.74 Å². The molecule has 1 atom stereocenters. The van der Waals surface area contributed by atoms with Gasteiger partial charge in [-0.1, -0.05) is 0 Å². The summed E-state index contributed by atoms with van der Waals surface area (Å²) in [4.78, 5) is 11.4. The molecule has 7 heteroatoms. The lowest BCUT2D eigenvalue weighted by atomic mass is 10.0. The van der Waals surface area contributed by atoms with Crippen LogP contribution in [0.1, 0.15) is 29.7 Å². The van der Waals surface area contributed by atoms with Gasteiger partial charge in [-0.05, 0) is 19.9 Å². The first-order valence-electron chi connectivity index (χ1n) is 5.84. The number of nitrogens with zero attached hydrogens (tertiary/aromatic N) is 2. The first kappa shape index (κ1) is 12.9. The standard InChI is InChI=1S/C11H15F2N3O2/c1-2-18-10(17)8-5-15-16(6-8)9-3-4-14-7-11(9,12)13/h5-6,9,14H,2-4,7H2,1H3. The lowest BCUT2D eigenvalue weighted by Gasteiger charge is -2.31. The van der Waals surface area contributed by atoms with Crippen molar-refractivity contribution in [2.24, 2.45) is 0 Å². The van der Waals surface area contributed by atoms with Crippen LogP contribution < -0.4 is 5.32 Å². The summed E-state index contributed by atoms with van der Waals surface area (Å²) in [6.07, 6.45) is 2.86. The summed E-state index contributed by atoms with van der Waals surface area (Å²) < 4.78 is 33.3. The molecule has 1 aliphatic heterocycles. The summed E-state index contributed by atoms with van der Waals surface area (Å²) in [6, 6.07) is -1.01. The van der Waals surface area contributed by atoms with Crippen molar-refractivity contribution >= 4 is 5.97 Å². The van der Waals surface area contributed by atoms with E-state index in [9.17, 15) is 13.6 Å². The quantitative estimate of drug-likeness (QED) is 0.829. The summed E-state index contributed by atoms with van der Waals surface area (Å²) in [7, 11) is 0. The zero-order valence-corrected chi connectivity index (χ0v) is 10.0. The highest BCUT2D eigenvalue weighted by atomic mass is 19.3. The molecule has 0 saturated carbocycles. The van der Waals surface area contributed by atoms with Crippen molar-refractivity contribution in [3.63, 3.8) is 0 Å². The molecule has 2 rings (SSSR count). The average molecular weight is 259 g/mol. The molecular weight excluding hydrogens is 244 g/mol. The molecule has 1 N–H and O–H groups in total. The number of piperidine rings is 1. The minimum atomic E-state index is -2.86. The molecule has 18 heavy (non-hydrogen) atoms. The second-order valence-corrected chi connectivity index (χ2v) is 4.17. The Morgan fingerprint density at radius 2 is 2.50 bits per heavy atom. The molecule has 1 unspecified atom stereocenters. The molecule has 1 fully saturated rings. The first-order valence-corrected chi connectivity index (χ1v) is 5.84. The molecule has 2 heterocycles. The van der Waals surface area contributed by atoms with Crippen molar-refractivity contribution in [3.8, 4) is 0 Å². The molecule has 0 aromatic carbocycles. The van der Waals surface area contributed by atoms with E-state index >= 15 is 0 Å². The van der Waals surface area contributed by atoms with Crippen LogP contribution in [-0.4, -0.2) is 41.4 Å². The van der Waals surface area contributed by atoms with Gasteiger partial charge in [-0.3, -0.25) is 4.68 Å². The highest BCUT2D eigenvalue weighted by Gasteiger charge is 2.43. The van der Waals surface area contributed by atoms with Gasteiger partial charge in [0.2, 0.25) is 0 Å². The second-order valence-electron chi connectivity index (χ2n) is 4.17. The van der Waals surface area contributed by atoms with E-state index in [-0.39, 0.29) is 25.1 Å². The molecule has 0 radical (unpaired) electrons. The van der Waals surface area contributed by atoms with Gasteiger partial charge < -0.3 is 10.1 Å². The number of hydrogen-bond donors (Lipinski definition) is 1. The van der Waals surface area contributed by atoms with Gasteiger partial charge in [0.05, 0.1) is 24.9 Å². The Labute approximate surface area is 103 Å². The average Bonchev–Trinajstić information content (AvgIpc) is 2.78. The Hall–Kier alpha value is -1.50. The number of carbonyl (C=O) groups excluding carboxylic acids is 1. The van der Waals surface area contributed by atoms with Crippen molar-refractivity contribution in [2.45, 2.75) is 25.3 Å². The Bertz CT molecular complexity index is 434. The SMILES string of the molecule is CCOC(=O)c1cnn(C2CCNCC2(F)F)c1. The van der Waals surface area contributed by atoms with E-state index in [1.807, 2.05) is 0 Å². The number of ether oxygens (including phenoxy) is 1. The maximum Gasteiger partial charge on any atom is 0.341 e. The Morgan fingerprint density at radius 1 is 1.72 bits per heavy atom. The van der Waals surface area contributed by atoms with E-state index in [0.717, 1.165) is 4.68 Å². The minimum absolute atomic E-state index is 0.200. The highest BCUT2D eigenvalue weighted by Crippen LogP contribution is 2.33. The zero-order valence-electron chi connectivity index (χ0n) is 10.0. The van der Waals surface area contributed by atoms with Gasteiger partial charge in [-0.2, -0.15) is 5.10 Å². The number of rotatable bonds is 3. The van der Waals surface area contributed by atoms with E-state index in [0.29, 0.717) is 6.54 Å². The number of alkyl halides is 2. The van der Waals surface area contributed by atoms with Crippen molar-refractivity contribution in [1.29, 1.82) is 0 Å². The van der Waals surface area contributed by atoms with Gasteiger partial charge in [-0.15, -0.1) is 0 Å². The molecule has 1 saturated heterocycles. The van der Waals surface area contributed by atoms with E-state index in [2.05, 4.69) is 10.4 Å². The molecule has 1 aliphatic rings. The third-order valence-electron chi connectivity index (χ3n) is 2.87. The molecule has 0 spiro atoms. The van der Waals surface area contributed by atoms with Crippen molar-refractivity contribution in [1.82, 2.24) is 15.1 Å². The molecule has 0 aliphatic carbocycles. The van der Waals surface area contributed by atoms with Crippen LogP contribution in [0, 0.1) is 0 Å². The Balaban J connectivity index is 2.16. The predicted molar refractivity (Wildman–Crippen MR) is 59.7 cm³/mol. The van der Waals surface area contributed by atoms with Crippen LogP contribution in [0.2, 0.25) is 0 Å². The van der Waals surface area contributed by atoms with Crippen LogP contribution in [0.5, 0.6) is 0 Å². The van der Waals surface area contributed by atoms with Gasteiger partial charge in [-0.25, -0.2) is 13.6 Å². The van der Waals surface area contributed by atoms with Gasteiger partial charge in [0.25, 0.3) is 5.92 Å². The van der Waals surface area contributed by atoms with Crippen LogP contribution in [0.4, 0.5) is 8.78 Å². The van der Waals surface area contributed by atoms with Crippen LogP contribution >= 0.6 is 0 Å². The normalized spacial score (nSPS) is 22.7. The lowest BCUT2D eigenvalue weighted by Crippen LogP contribution is -2.47. The van der Waals surface area contributed by atoms with Crippen molar-refractivity contribution < 1.29 is 18.3 Å². The smallest absolute Gasteiger partial charge is 0.341 e. The number of halogens is 2. The topological polar surface area (TPSA) is 56.1 Å². The minimum Gasteiger partial charge on any atom is -0.462 e. The maximum atomic E-state index is 13.7. The van der Waals surface area contributed by atoms with Crippen LogP contribution in [0.3, 0.4) is 0 Å². The zero-order chi connectivity index (χ0) is 13.2. The predicted octanol–water partition coefficient (Wildman–Crippen LogP) is 1.23. The van der Waals surface area contributed by atoms with E-state index < -0.39 is 17.9 Å². The van der Waals surface area contributed by atoms with E-state index in [1.54, 1.807) is 6.92 Å². The molecule has 5 nitrogen and oxygen atoms in total. The molecule has 0 amide bonds. The molecular formula is C11H15F2N3O2. The second kappa shape index (κ2) is 5.01. The van der Waals surface area contributed by atoms with Gasteiger partial charge in [0.1, 0.15) is 6.04 Å². The third kappa shape index (κ3) is 2.50. The summed E-state index contributed by atoms with van der Waals surface area (Å²) in [6.45, 7) is 2.07. The summed E-state index contributed by atoms with van der Waals surface area (Å²) in [5.74, 6) is -3.41. The largest absolute Gasteiger partial charge is 0.462 e. The molecule has 1 aromatic rings. The Kier molecular flexibility index (Phi) is 3.60. The molecule has 0 bridgehead atoms. The lowest BCUT2D eigenvalue weighted by molar-refractivity contribution is -0.0697. The van der Waals surface area contributed by atoms with Gasteiger partial charge in [0, 0.05) is 6.20 Å². The van der Waals surface area contributed by atoms with Gasteiger partial charge in [0.15, 0.2) is 0 Å². The molecule has 1 aromatic heterocycles. The van der Waals surface area contributed by atoms with Gasteiger partial charge >= 0.3 is 5.97 Å². The fraction of sp³-hybridized carbons (Fsp3) is 0.636. The number of esters is 1. The number of hydrogen-bond acceptors (Lipinski definition) is 4. The highest BCUT2D eigenvalue weighted by molar-refractivity contribution is 5.88. The van der Waals surface area contributed by atoms with E-state index in [1.165, 1.54) is 12.4 Å². The van der Waals surface area contributed by atoms with Crippen LogP contribution in [0.15, 0.2) is 12.4 Å². The molecule has 100 valence electrons. The Morgan fingerprint density at radius 3 is 3.17 bits per heavy atom. The summed E-state index contributed by atoms with van der Waals surface area (Å²) in [5.41, 5.74) is 0.200. The summed E-state index contributed by atoms with van der Waals surface area (Å²) in [5, 5.41) is 6.49. The fourth-order valence-corrected chi connectivity index (χ4v) is 1.98. The maximum absolute atomic E-state index is 13.7. The number of nitrogens with one attached hydrogen (secondary N) is 1. The summed E-state index contributed by atoms with van der Waals surface area (Å²) >= 11 is 0. The monoisotopic (exact) mass is 259 g/mol. The number of aromatic nitrogens is 2. The van der Waals surface area contributed by atoms with Crippen LogP contribution in [-0.2, 0) is 4.74 Å².